The quantitative estimate of drug-likeness (QED) is 0.183. The molecule has 6 nitrogen and oxygen atoms in total. The second-order valence-electron chi connectivity index (χ2n) is 8.69. The van der Waals surface area contributed by atoms with Crippen molar-refractivity contribution in [2.24, 2.45) is 5.41 Å². The maximum Gasteiger partial charge on any atom is 0.251 e. The average Bonchev–Trinajstić information content (AvgIpc) is 2.86. The number of nitrogens with one attached hydrogen (secondary N) is 1. The summed E-state index contributed by atoms with van der Waals surface area (Å²) in [7, 11) is 0. The Labute approximate surface area is 203 Å². The highest BCUT2D eigenvalue weighted by Gasteiger charge is 2.37. The van der Waals surface area contributed by atoms with Crippen LogP contribution < -0.4 is 20.7 Å². The van der Waals surface area contributed by atoms with E-state index in [1.54, 1.807) is 42.5 Å². The molecule has 0 saturated heterocycles. The van der Waals surface area contributed by atoms with Gasteiger partial charge in [-0.2, -0.15) is 5.21 Å². The monoisotopic (exact) mass is 464 g/mol. The normalized spacial score (nSPS) is 11.2. The Morgan fingerprint density at radius 1 is 0.971 bits per heavy atom. The number of amides is 1. The molecule has 0 bridgehead atoms. The van der Waals surface area contributed by atoms with Gasteiger partial charge in [0.2, 0.25) is 17.1 Å². The molecule has 0 unspecified atom stereocenters. The first-order chi connectivity index (χ1) is 16.2. The summed E-state index contributed by atoms with van der Waals surface area (Å²) < 4.78 is 0. The Bertz CT molecular complexity index is 998. The predicted octanol–water partition coefficient (Wildman–Crippen LogP) is 6.87. The van der Waals surface area contributed by atoms with E-state index in [0.29, 0.717) is 23.5 Å². The Balaban J connectivity index is 0.00000199. The molecule has 34 heavy (non-hydrogen) atoms. The fraction of sp³-hybridized carbons (Fsp3) is 0.321. The molecule has 0 saturated carbocycles. The van der Waals surface area contributed by atoms with Gasteiger partial charge in [-0.15, -0.1) is 0 Å². The molecule has 6 heteroatoms. The first-order valence-electron chi connectivity index (χ1n) is 11.9. The van der Waals surface area contributed by atoms with Crippen LogP contribution in [0.4, 0.5) is 17.1 Å². The van der Waals surface area contributed by atoms with Crippen molar-refractivity contribution < 1.29 is 14.8 Å². The number of benzene rings is 3. The summed E-state index contributed by atoms with van der Waals surface area (Å²) in [5.41, 5.74) is 7.98. The van der Waals surface area contributed by atoms with Crippen LogP contribution >= 0.6 is 0 Å². The van der Waals surface area contributed by atoms with Crippen LogP contribution in [0, 0.1) is 5.41 Å². The lowest BCUT2D eigenvalue weighted by atomic mass is 9.88. The highest BCUT2D eigenvalue weighted by Crippen LogP contribution is 2.36. The van der Waals surface area contributed by atoms with E-state index in [-0.39, 0.29) is 22.8 Å². The number of carbonyl (C=O) groups is 1. The molecule has 1 amide bonds. The second-order valence-corrected chi connectivity index (χ2v) is 8.69. The van der Waals surface area contributed by atoms with Gasteiger partial charge in [0.05, 0.1) is 10.5 Å². The van der Waals surface area contributed by atoms with Crippen LogP contribution in [0.15, 0.2) is 78.9 Å². The van der Waals surface area contributed by atoms with Gasteiger partial charge < -0.3 is 11.1 Å². The van der Waals surface area contributed by atoms with Gasteiger partial charge >= 0.3 is 0 Å². The summed E-state index contributed by atoms with van der Waals surface area (Å²) >= 11 is 0. The van der Waals surface area contributed by atoms with Crippen LogP contribution in [0.2, 0.25) is 0 Å². The van der Waals surface area contributed by atoms with Crippen LogP contribution in [0.5, 0.6) is 5.75 Å². The van der Waals surface area contributed by atoms with Crippen LogP contribution in [-0.2, 0) is 0 Å². The van der Waals surface area contributed by atoms with Crippen molar-refractivity contribution >= 4 is 23.0 Å². The highest BCUT2D eigenvalue weighted by molar-refractivity contribution is 5.95. The molecule has 0 aliphatic heterocycles. The van der Waals surface area contributed by atoms with E-state index in [1.807, 2.05) is 50.2 Å². The number of carbonyl (C=O) groups excluding carboxylic acids is 1. The molecular formula is C28H38N3O3+. The van der Waals surface area contributed by atoms with Gasteiger partial charge in [-0.3, -0.25) is 9.63 Å². The Kier molecular flexibility index (Phi) is 9.66. The third kappa shape index (κ3) is 6.83. The van der Waals surface area contributed by atoms with E-state index in [4.69, 9.17) is 10.6 Å². The SMILES string of the molecule is CC.CCCC(C)(C)CNC(=O)c1ccc(O[N+](O)(c2ccccc2)c2ccccc2)c(N)c1. The van der Waals surface area contributed by atoms with E-state index in [1.165, 1.54) is 0 Å². The number of nitrogen functional groups attached to an aromatic ring is 1. The van der Waals surface area contributed by atoms with Crippen molar-refractivity contribution in [2.45, 2.75) is 47.5 Å². The van der Waals surface area contributed by atoms with E-state index in [9.17, 15) is 10.0 Å². The Morgan fingerprint density at radius 3 is 1.97 bits per heavy atom. The van der Waals surface area contributed by atoms with Crippen LogP contribution in [0.3, 0.4) is 0 Å². The smallest absolute Gasteiger partial charge is 0.251 e. The van der Waals surface area contributed by atoms with Gasteiger partial charge in [-0.05, 0) is 30.0 Å². The number of hydrogen-bond donors (Lipinski definition) is 3. The highest BCUT2D eigenvalue weighted by atomic mass is 16.9. The first kappa shape index (κ1) is 26.9. The van der Waals surface area contributed by atoms with E-state index in [0.717, 1.165) is 12.8 Å². The third-order valence-electron chi connectivity index (χ3n) is 5.37. The van der Waals surface area contributed by atoms with Crippen LogP contribution in [-0.4, -0.2) is 17.7 Å². The summed E-state index contributed by atoms with van der Waals surface area (Å²) in [5, 5.41) is 14.5. The fourth-order valence-electron chi connectivity index (χ4n) is 3.62. The minimum atomic E-state index is -0.914. The van der Waals surface area contributed by atoms with Crippen LogP contribution in [0.1, 0.15) is 57.8 Å². The zero-order valence-electron chi connectivity index (χ0n) is 20.9. The topological polar surface area (TPSA) is 84.6 Å². The van der Waals surface area contributed by atoms with Gasteiger partial charge in [-0.1, -0.05) is 77.4 Å². The molecular weight excluding hydrogens is 426 g/mol. The van der Waals surface area contributed by atoms with Crippen molar-refractivity contribution in [3.8, 4) is 5.75 Å². The lowest BCUT2D eigenvalue weighted by Crippen LogP contribution is -2.44. The number of para-hydroxylation sites is 2. The van der Waals surface area contributed by atoms with Gasteiger partial charge in [0.1, 0.15) is 0 Å². The molecule has 0 spiro atoms. The summed E-state index contributed by atoms with van der Waals surface area (Å²) in [5.74, 6) is 0.0753. The molecule has 0 aliphatic rings. The molecule has 4 N–H and O–H groups in total. The van der Waals surface area contributed by atoms with Gasteiger partial charge in [-0.25, -0.2) is 0 Å². The number of anilines is 1. The lowest BCUT2D eigenvalue weighted by molar-refractivity contribution is -0.219. The molecule has 0 radical (unpaired) electrons. The number of hydrogen-bond acceptors (Lipinski definition) is 4. The number of rotatable bonds is 9. The summed E-state index contributed by atoms with van der Waals surface area (Å²) in [6, 6.07) is 22.9. The molecule has 3 aromatic carbocycles. The fourth-order valence-corrected chi connectivity index (χ4v) is 3.62. The number of nitrogens with zero attached hydrogens (tertiary/aromatic N) is 1. The van der Waals surface area contributed by atoms with Gasteiger partial charge in [0.25, 0.3) is 5.91 Å². The minimum Gasteiger partial charge on any atom is -0.395 e. The van der Waals surface area contributed by atoms with E-state index >= 15 is 0 Å². The summed E-state index contributed by atoms with van der Waals surface area (Å²) in [6.45, 7) is 11.0. The van der Waals surface area contributed by atoms with Crippen LogP contribution in [0.25, 0.3) is 0 Å². The lowest BCUT2D eigenvalue weighted by Gasteiger charge is -2.27. The predicted molar refractivity (Wildman–Crippen MR) is 140 cm³/mol. The summed E-state index contributed by atoms with van der Waals surface area (Å²) in [6.07, 6.45) is 2.09. The Hall–Kier alpha value is -3.35. The molecule has 182 valence electrons. The zero-order valence-corrected chi connectivity index (χ0v) is 20.9. The Morgan fingerprint density at radius 2 is 1.50 bits per heavy atom. The molecule has 3 aromatic rings. The molecule has 0 fully saturated rings. The molecule has 0 aliphatic carbocycles. The maximum absolute atomic E-state index is 12.6. The van der Waals surface area contributed by atoms with Crippen molar-refractivity contribution in [2.75, 3.05) is 12.3 Å². The number of quaternary nitrogens is 1. The standard InChI is InChI=1S/C26H31N3O3.C2H6/c1-4-17-26(2,3)19-28-25(30)20-15-16-24(23(27)18-20)32-29(31,21-11-7-5-8-12-21)22-13-9-6-10-14-22;1-2/h5-16,18,31H,4,17,19,27H2,1-3H3;1-2H3/p+1. The van der Waals surface area contributed by atoms with Crippen molar-refractivity contribution in [1.29, 1.82) is 0 Å². The van der Waals surface area contributed by atoms with E-state index < -0.39 is 4.81 Å². The molecule has 0 atom stereocenters. The molecule has 0 aromatic heterocycles. The van der Waals surface area contributed by atoms with Gasteiger partial charge in [0, 0.05) is 36.4 Å². The maximum atomic E-state index is 12.6. The number of nitrogens with two attached hydrogens (primary N) is 1. The van der Waals surface area contributed by atoms with E-state index in [2.05, 4.69) is 26.1 Å². The second kappa shape index (κ2) is 12.2. The third-order valence-corrected chi connectivity index (χ3v) is 5.37. The summed E-state index contributed by atoms with van der Waals surface area (Å²) in [4.78, 5) is 17.7. The van der Waals surface area contributed by atoms with Gasteiger partial charge in [0.15, 0.2) is 0 Å². The van der Waals surface area contributed by atoms with Crippen molar-refractivity contribution in [3.63, 3.8) is 0 Å². The molecule has 0 heterocycles. The first-order valence-corrected chi connectivity index (χ1v) is 11.9. The zero-order chi connectivity index (χ0) is 25.2. The van der Waals surface area contributed by atoms with Crippen molar-refractivity contribution in [3.05, 3.63) is 84.4 Å². The minimum absolute atomic E-state index is 0.0261. The van der Waals surface area contributed by atoms with Crippen molar-refractivity contribution in [1.82, 2.24) is 10.1 Å². The largest absolute Gasteiger partial charge is 0.395 e. The average molecular weight is 465 g/mol. The molecule has 3 rings (SSSR count).